The molecule has 37 heavy (non-hydrogen) atoms. The second kappa shape index (κ2) is 11.0. The molecule has 2 saturated heterocycles. The molecule has 7 atom stereocenters. The molecule has 0 saturated carbocycles. The summed E-state index contributed by atoms with van der Waals surface area (Å²) in [6.45, 7) is 4.13. The standard InChI is InChI=1S/C21H29N4O10PSe/c1-10-6-24(20(30)22-18(10)28)16-4-12(27)15(34-16)9-37-36(3,32)35-13-5-17(33-14(13)8-26)25-7-11(2)19(29)23-21(25)31/h6-7,12-17,26-27H,4-5,8-9H2,1-3H3,(H,22,28,30)(H,23,29,31). The van der Waals surface area contributed by atoms with E-state index >= 15 is 0 Å². The van der Waals surface area contributed by atoms with Gasteiger partial charge in [-0.05, 0) is 0 Å². The number of hydrogen-bond donors (Lipinski definition) is 4. The zero-order valence-corrected chi connectivity index (χ0v) is 23.0. The molecule has 2 aromatic rings. The molecule has 0 radical (unpaired) electrons. The molecule has 16 heteroatoms. The molecule has 4 N–H and O–H groups in total. The van der Waals surface area contributed by atoms with E-state index in [9.17, 15) is 34.0 Å². The summed E-state index contributed by atoms with van der Waals surface area (Å²) < 4.78 is 33.2. The van der Waals surface area contributed by atoms with Crippen molar-refractivity contribution >= 4 is 20.6 Å². The van der Waals surface area contributed by atoms with Gasteiger partial charge in [0, 0.05) is 0 Å². The molecule has 14 nitrogen and oxygen atoms in total. The Morgan fingerprint density at radius 2 is 1.51 bits per heavy atom. The molecule has 204 valence electrons. The molecule has 0 aromatic carbocycles. The Morgan fingerprint density at radius 1 is 1.00 bits per heavy atom. The van der Waals surface area contributed by atoms with Crippen LogP contribution in [0.4, 0.5) is 0 Å². The van der Waals surface area contributed by atoms with Crippen LogP contribution >= 0.6 is 6.06 Å². The van der Waals surface area contributed by atoms with Crippen LogP contribution in [0.1, 0.15) is 36.4 Å². The zero-order valence-electron chi connectivity index (χ0n) is 20.4. The van der Waals surface area contributed by atoms with Gasteiger partial charge in [-0.25, -0.2) is 0 Å². The predicted octanol–water partition coefficient (Wildman–Crippen LogP) is -1.04. The van der Waals surface area contributed by atoms with Crippen molar-refractivity contribution in [3.8, 4) is 0 Å². The van der Waals surface area contributed by atoms with Gasteiger partial charge in [-0.2, -0.15) is 0 Å². The SMILES string of the molecule is Cc1cn(C2CC(O)C(C[Se]P(C)(=O)OC3CC(n4cc(C)c(=O)[nH]c4=O)OC3CO)O2)c(=O)[nH]c1=O. The molecule has 0 spiro atoms. The van der Waals surface area contributed by atoms with Gasteiger partial charge in [0.05, 0.1) is 0 Å². The summed E-state index contributed by atoms with van der Waals surface area (Å²) in [5, 5.41) is 20.5. The van der Waals surface area contributed by atoms with Gasteiger partial charge in [0.2, 0.25) is 0 Å². The number of aromatic amines is 2. The van der Waals surface area contributed by atoms with Crippen LogP contribution in [0.3, 0.4) is 0 Å². The molecule has 2 fully saturated rings. The van der Waals surface area contributed by atoms with Gasteiger partial charge in [0.25, 0.3) is 0 Å². The summed E-state index contributed by atoms with van der Waals surface area (Å²) >= 11 is -0.636. The molecule has 0 amide bonds. The van der Waals surface area contributed by atoms with E-state index in [0.717, 1.165) is 0 Å². The molecule has 2 aliphatic heterocycles. The Kier molecular flexibility index (Phi) is 8.27. The first-order chi connectivity index (χ1) is 17.4. The summed E-state index contributed by atoms with van der Waals surface area (Å²) in [6, 6.07) is -3.22. The van der Waals surface area contributed by atoms with Crippen molar-refractivity contribution in [2.75, 3.05) is 13.3 Å². The Hall–Kier alpha value is -2.09. The van der Waals surface area contributed by atoms with Gasteiger partial charge in [-0.1, -0.05) is 0 Å². The van der Waals surface area contributed by atoms with Crippen molar-refractivity contribution < 1.29 is 28.8 Å². The number of aliphatic hydroxyl groups is 2. The number of hydrogen-bond acceptors (Lipinski definition) is 10. The first-order valence-corrected chi connectivity index (χ1v) is 17.0. The number of aryl methyl sites for hydroxylation is 2. The first kappa shape index (κ1) is 27.9. The Bertz CT molecular complexity index is 1430. The normalized spacial score (nSPS) is 29.4. The molecule has 0 aliphatic carbocycles. The Labute approximate surface area is 215 Å². The number of rotatable bonds is 8. The molecule has 2 aromatic heterocycles. The van der Waals surface area contributed by atoms with Gasteiger partial charge < -0.3 is 0 Å². The average Bonchev–Trinajstić information content (AvgIpc) is 3.39. The van der Waals surface area contributed by atoms with Crippen molar-refractivity contribution in [3.63, 3.8) is 0 Å². The van der Waals surface area contributed by atoms with E-state index in [2.05, 4.69) is 9.97 Å². The Morgan fingerprint density at radius 3 is 2.05 bits per heavy atom. The van der Waals surface area contributed by atoms with Crippen molar-refractivity contribution in [3.05, 3.63) is 65.2 Å². The minimum absolute atomic E-state index is 0.124. The third-order valence-electron chi connectivity index (χ3n) is 6.28. The fourth-order valence-corrected chi connectivity index (χ4v) is 9.80. The average molecular weight is 607 g/mol. The van der Waals surface area contributed by atoms with E-state index in [-0.39, 0.29) is 18.2 Å². The van der Waals surface area contributed by atoms with E-state index in [0.29, 0.717) is 11.1 Å². The molecule has 2 aliphatic rings. The molecule has 0 bridgehead atoms. The van der Waals surface area contributed by atoms with Gasteiger partial charge in [0.15, 0.2) is 0 Å². The quantitative estimate of drug-likeness (QED) is 0.213. The summed E-state index contributed by atoms with van der Waals surface area (Å²) in [7, 11) is 0. The van der Waals surface area contributed by atoms with Gasteiger partial charge >= 0.3 is 216 Å². The van der Waals surface area contributed by atoms with Crippen LogP contribution in [0.5, 0.6) is 0 Å². The van der Waals surface area contributed by atoms with E-state index in [1.54, 1.807) is 13.8 Å². The van der Waals surface area contributed by atoms with Crippen molar-refractivity contribution in [2.24, 2.45) is 0 Å². The Balaban J connectivity index is 1.39. The van der Waals surface area contributed by atoms with E-state index in [1.807, 2.05) is 0 Å². The summed E-state index contributed by atoms with van der Waals surface area (Å²) in [6.07, 6.45) is -1.81. The second-order valence-corrected chi connectivity index (χ2v) is 17.7. The fraction of sp³-hybridized carbons (Fsp3) is 0.619. The number of ether oxygens (including phenoxy) is 2. The predicted molar refractivity (Wildman–Crippen MR) is 131 cm³/mol. The van der Waals surface area contributed by atoms with Crippen molar-refractivity contribution in [1.29, 1.82) is 0 Å². The molecule has 4 rings (SSSR count). The topological polar surface area (TPSA) is 195 Å². The van der Waals surface area contributed by atoms with Crippen LogP contribution < -0.4 is 22.5 Å². The second-order valence-electron chi connectivity index (χ2n) is 9.15. The minimum atomic E-state index is -3.22. The van der Waals surface area contributed by atoms with E-state index in [4.69, 9.17) is 14.0 Å². The molecular weight excluding hydrogens is 578 g/mol. The van der Waals surface area contributed by atoms with Crippen LogP contribution in [-0.4, -0.2) is 81.5 Å². The van der Waals surface area contributed by atoms with Crippen LogP contribution in [0.25, 0.3) is 0 Å². The van der Waals surface area contributed by atoms with Gasteiger partial charge in [0.1, 0.15) is 0 Å². The third kappa shape index (κ3) is 6.15. The summed E-state index contributed by atoms with van der Waals surface area (Å²) in [5.74, 6) is 0. The van der Waals surface area contributed by atoms with Gasteiger partial charge in [-0.3, -0.25) is 0 Å². The van der Waals surface area contributed by atoms with Crippen LogP contribution in [0, 0.1) is 13.8 Å². The van der Waals surface area contributed by atoms with Gasteiger partial charge in [-0.15, -0.1) is 0 Å². The van der Waals surface area contributed by atoms with Crippen molar-refractivity contribution in [1.82, 2.24) is 19.1 Å². The molecule has 4 heterocycles. The maximum absolute atomic E-state index is 13.3. The summed E-state index contributed by atoms with van der Waals surface area (Å²) in [4.78, 5) is 52.1. The maximum atomic E-state index is 13.3. The van der Waals surface area contributed by atoms with E-state index < -0.39 is 86.5 Å². The third-order valence-corrected chi connectivity index (χ3v) is 12.7. The van der Waals surface area contributed by atoms with Crippen LogP contribution in [-0.2, 0) is 18.6 Å². The monoisotopic (exact) mass is 608 g/mol. The zero-order chi connectivity index (χ0) is 27.1. The number of H-pyrrole nitrogens is 2. The number of aromatic nitrogens is 4. The van der Waals surface area contributed by atoms with Crippen LogP contribution in [0.15, 0.2) is 31.6 Å². The van der Waals surface area contributed by atoms with Crippen LogP contribution in [0.2, 0.25) is 5.32 Å². The number of nitrogens with zero attached hydrogens (tertiary/aromatic N) is 2. The fourth-order valence-electron chi connectivity index (χ4n) is 4.27. The number of nitrogens with one attached hydrogen (secondary N) is 2. The van der Waals surface area contributed by atoms with E-state index in [1.165, 1.54) is 28.2 Å². The number of aliphatic hydroxyl groups excluding tert-OH is 2. The summed E-state index contributed by atoms with van der Waals surface area (Å²) in [5.41, 5.74) is -1.68. The molecule has 7 unspecified atom stereocenters. The first-order valence-electron chi connectivity index (χ1n) is 11.5. The molecular formula is C21H29N4O10PSe. The van der Waals surface area contributed by atoms with Crippen molar-refractivity contribution in [2.45, 2.75) is 68.9 Å².